The standard InChI is InChI=1S/C5H10OS/c1-3-6-5-7-4-2/h3H,1,4-5H2,2H3. The van der Waals surface area contributed by atoms with Crippen LogP contribution >= 0.6 is 11.8 Å². The van der Waals surface area contributed by atoms with Crippen molar-refractivity contribution in [2.24, 2.45) is 0 Å². The second kappa shape index (κ2) is 5.89. The Hall–Kier alpha value is -0.110. The van der Waals surface area contributed by atoms with Crippen LogP contribution in [0.3, 0.4) is 0 Å². The molecule has 0 rings (SSSR count). The van der Waals surface area contributed by atoms with Crippen molar-refractivity contribution in [3.05, 3.63) is 12.8 Å². The first kappa shape index (κ1) is 6.89. The number of rotatable bonds is 4. The summed E-state index contributed by atoms with van der Waals surface area (Å²) in [6, 6.07) is 0. The molecule has 0 aliphatic carbocycles. The van der Waals surface area contributed by atoms with Crippen LogP contribution in [0.25, 0.3) is 0 Å². The van der Waals surface area contributed by atoms with Crippen LogP contribution in [-0.4, -0.2) is 11.7 Å². The molecular weight excluding hydrogens is 108 g/mol. The van der Waals surface area contributed by atoms with E-state index in [1.165, 1.54) is 6.26 Å². The Balaban J connectivity index is 2.56. The summed E-state index contributed by atoms with van der Waals surface area (Å²) in [7, 11) is 0. The average Bonchev–Trinajstić information content (AvgIpc) is 1.69. The summed E-state index contributed by atoms with van der Waals surface area (Å²) in [5.74, 6) is 1.84. The molecule has 0 saturated heterocycles. The largest absolute Gasteiger partial charge is 0.491 e. The lowest BCUT2D eigenvalue weighted by atomic mass is 11.0. The molecule has 0 amide bonds. The molecule has 0 unspecified atom stereocenters. The van der Waals surface area contributed by atoms with Crippen LogP contribution in [0.4, 0.5) is 0 Å². The molecule has 0 aromatic heterocycles. The van der Waals surface area contributed by atoms with Crippen LogP contribution in [0.1, 0.15) is 6.92 Å². The van der Waals surface area contributed by atoms with Crippen molar-refractivity contribution in [1.29, 1.82) is 0 Å². The molecular formula is C5H10OS. The van der Waals surface area contributed by atoms with Gasteiger partial charge in [-0.1, -0.05) is 13.5 Å². The molecule has 0 N–H and O–H groups in total. The molecule has 0 spiro atoms. The lowest BCUT2D eigenvalue weighted by Crippen LogP contribution is -1.78. The van der Waals surface area contributed by atoms with Gasteiger partial charge in [0.2, 0.25) is 0 Å². The Bertz CT molecular complexity index is 45.3. The van der Waals surface area contributed by atoms with Crippen LogP contribution in [0.2, 0.25) is 0 Å². The monoisotopic (exact) mass is 118 g/mol. The number of thioether (sulfide) groups is 1. The summed E-state index contributed by atoms with van der Waals surface area (Å²) in [4.78, 5) is 0. The first-order valence-corrected chi connectivity index (χ1v) is 3.37. The Morgan fingerprint density at radius 3 is 3.00 bits per heavy atom. The molecule has 0 atom stereocenters. The van der Waals surface area contributed by atoms with Gasteiger partial charge in [-0.25, -0.2) is 0 Å². The predicted molar refractivity (Wildman–Crippen MR) is 34.3 cm³/mol. The van der Waals surface area contributed by atoms with Crippen molar-refractivity contribution in [2.45, 2.75) is 6.92 Å². The second-order valence-corrected chi connectivity index (χ2v) is 2.17. The van der Waals surface area contributed by atoms with Gasteiger partial charge in [-0.3, -0.25) is 0 Å². The van der Waals surface area contributed by atoms with Crippen molar-refractivity contribution in [1.82, 2.24) is 0 Å². The van der Waals surface area contributed by atoms with E-state index < -0.39 is 0 Å². The van der Waals surface area contributed by atoms with Gasteiger partial charge in [0.25, 0.3) is 0 Å². The molecule has 1 nitrogen and oxygen atoms in total. The zero-order chi connectivity index (χ0) is 5.54. The van der Waals surface area contributed by atoms with Crippen LogP contribution in [0, 0.1) is 0 Å². The molecule has 7 heavy (non-hydrogen) atoms. The van der Waals surface area contributed by atoms with E-state index >= 15 is 0 Å². The third kappa shape index (κ3) is 5.89. The number of hydrogen-bond donors (Lipinski definition) is 0. The highest BCUT2D eigenvalue weighted by molar-refractivity contribution is 7.99. The van der Waals surface area contributed by atoms with Crippen LogP contribution < -0.4 is 0 Å². The molecule has 0 radical (unpaired) electrons. The SMILES string of the molecule is C=COCSCC. The maximum atomic E-state index is 4.80. The highest BCUT2D eigenvalue weighted by Crippen LogP contribution is 1.96. The van der Waals surface area contributed by atoms with Gasteiger partial charge in [0, 0.05) is 0 Å². The molecule has 0 saturated carbocycles. The maximum Gasteiger partial charge on any atom is 0.133 e. The Labute approximate surface area is 48.7 Å². The van der Waals surface area contributed by atoms with E-state index in [0.717, 1.165) is 11.7 Å². The van der Waals surface area contributed by atoms with Gasteiger partial charge >= 0.3 is 0 Å². The zero-order valence-corrected chi connectivity index (χ0v) is 5.33. The lowest BCUT2D eigenvalue weighted by Gasteiger charge is -1.93. The highest BCUT2D eigenvalue weighted by atomic mass is 32.2. The molecule has 0 aliphatic heterocycles. The van der Waals surface area contributed by atoms with Gasteiger partial charge in [0.1, 0.15) is 5.94 Å². The minimum Gasteiger partial charge on any atom is -0.491 e. The first-order chi connectivity index (χ1) is 3.41. The molecule has 0 aromatic carbocycles. The van der Waals surface area contributed by atoms with Crippen molar-refractivity contribution in [2.75, 3.05) is 11.7 Å². The fourth-order valence-electron chi connectivity index (χ4n) is 0.180. The maximum absolute atomic E-state index is 4.80. The zero-order valence-electron chi connectivity index (χ0n) is 4.52. The summed E-state index contributed by atoms with van der Waals surface area (Å²) in [5, 5.41) is 0. The van der Waals surface area contributed by atoms with Crippen LogP contribution in [0.5, 0.6) is 0 Å². The summed E-state index contributed by atoms with van der Waals surface area (Å²) in [6.45, 7) is 5.49. The first-order valence-electron chi connectivity index (χ1n) is 2.22. The lowest BCUT2D eigenvalue weighted by molar-refractivity contribution is 0.319. The smallest absolute Gasteiger partial charge is 0.133 e. The van der Waals surface area contributed by atoms with Crippen molar-refractivity contribution < 1.29 is 4.74 Å². The molecule has 0 heterocycles. The average molecular weight is 118 g/mol. The van der Waals surface area contributed by atoms with E-state index in [-0.39, 0.29) is 0 Å². The topological polar surface area (TPSA) is 9.23 Å². The summed E-state index contributed by atoms with van der Waals surface area (Å²) >= 11 is 1.74. The van der Waals surface area contributed by atoms with Gasteiger partial charge in [-0.2, -0.15) is 0 Å². The third-order valence-corrected chi connectivity index (χ3v) is 1.18. The quantitative estimate of drug-likeness (QED) is 0.316. The normalized spacial score (nSPS) is 8.14. The third-order valence-electron chi connectivity index (χ3n) is 0.473. The predicted octanol–water partition coefficient (Wildman–Crippen LogP) is 1.86. The van der Waals surface area contributed by atoms with Gasteiger partial charge in [-0.15, -0.1) is 11.8 Å². The molecule has 42 valence electrons. The molecule has 0 fully saturated rings. The molecule has 0 aliphatic rings. The van der Waals surface area contributed by atoms with Gasteiger partial charge in [-0.05, 0) is 5.75 Å². The highest BCUT2D eigenvalue weighted by Gasteiger charge is 1.75. The van der Waals surface area contributed by atoms with Crippen LogP contribution in [-0.2, 0) is 4.74 Å². The van der Waals surface area contributed by atoms with E-state index in [1.807, 2.05) is 0 Å². The Kier molecular flexibility index (Phi) is 5.80. The molecule has 2 heteroatoms. The second-order valence-electron chi connectivity index (χ2n) is 0.944. The van der Waals surface area contributed by atoms with E-state index in [9.17, 15) is 0 Å². The Morgan fingerprint density at radius 2 is 2.57 bits per heavy atom. The van der Waals surface area contributed by atoms with Crippen molar-refractivity contribution in [3.8, 4) is 0 Å². The minimum atomic E-state index is 0.736. The fraction of sp³-hybridized carbons (Fsp3) is 0.600. The van der Waals surface area contributed by atoms with E-state index in [2.05, 4.69) is 13.5 Å². The van der Waals surface area contributed by atoms with Gasteiger partial charge < -0.3 is 4.74 Å². The fourth-order valence-corrected chi connectivity index (χ4v) is 0.539. The van der Waals surface area contributed by atoms with Crippen molar-refractivity contribution >= 4 is 11.8 Å². The van der Waals surface area contributed by atoms with E-state index in [0.29, 0.717) is 0 Å². The summed E-state index contributed by atoms with van der Waals surface area (Å²) < 4.78 is 4.80. The van der Waals surface area contributed by atoms with Gasteiger partial charge in [0.05, 0.1) is 6.26 Å². The summed E-state index contributed by atoms with van der Waals surface area (Å²) in [5.41, 5.74) is 0. The van der Waals surface area contributed by atoms with Gasteiger partial charge in [0.15, 0.2) is 0 Å². The molecule has 0 bridgehead atoms. The number of hydrogen-bond acceptors (Lipinski definition) is 2. The van der Waals surface area contributed by atoms with E-state index in [1.54, 1.807) is 11.8 Å². The minimum absolute atomic E-state index is 0.736. The van der Waals surface area contributed by atoms with Crippen LogP contribution in [0.15, 0.2) is 12.8 Å². The summed E-state index contributed by atoms with van der Waals surface area (Å²) in [6.07, 6.45) is 1.46. The number of ether oxygens (including phenoxy) is 1. The van der Waals surface area contributed by atoms with Crippen molar-refractivity contribution in [3.63, 3.8) is 0 Å². The van der Waals surface area contributed by atoms with E-state index in [4.69, 9.17) is 4.74 Å². The Morgan fingerprint density at radius 1 is 1.86 bits per heavy atom. The molecule has 0 aromatic rings.